The third-order valence-corrected chi connectivity index (χ3v) is 23.8. The maximum absolute atomic E-state index is 14.8. The van der Waals surface area contributed by atoms with Crippen LogP contribution in [0.25, 0.3) is 291 Å². The van der Waals surface area contributed by atoms with Gasteiger partial charge in [0.2, 0.25) is 0 Å². The summed E-state index contributed by atoms with van der Waals surface area (Å²) in [7, 11) is 0. The fourth-order valence-corrected chi connectivity index (χ4v) is 24.0. The Kier molecular flexibility index (Phi) is 1.81. The minimum Gasteiger partial charge on any atom is -0.300 e. The molecular formula is C63H6O. The van der Waals surface area contributed by atoms with Crippen molar-refractivity contribution in [1.82, 2.24) is 0 Å². The summed E-state index contributed by atoms with van der Waals surface area (Å²) in [6, 6.07) is 0. The van der Waals surface area contributed by atoms with Crippen molar-refractivity contribution in [3.8, 4) is 0 Å². The molecule has 32 rings (SSSR count). The zero-order valence-corrected chi connectivity index (χ0v) is 32.7. The Morgan fingerprint density at radius 2 is 0.391 bits per heavy atom. The lowest BCUT2D eigenvalue weighted by Gasteiger charge is -2.45. The quantitative estimate of drug-likeness (QED) is 0.160. The highest BCUT2D eigenvalue weighted by atomic mass is 16.1. The largest absolute Gasteiger partial charge is 0.300 e. The van der Waals surface area contributed by atoms with E-state index in [0.717, 1.165) is 0 Å². The van der Waals surface area contributed by atoms with Crippen molar-refractivity contribution in [2.75, 3.05) is 0 Å². The molecule has 28 aromatic carbocycles. The Balaban J connectivity index is 1.29. The van der Waals surface area contributed by atoms with E-state index in [-0.39, 0.29) is 5.92 Å². The van der Waals surface area contributed by atoms with Gasteiger partial charge < -0.3 is 0 Å². The highest BCUT2D eigenvalue weighted by molar-refractivity contribution is 6.82. The van der Waals surface area contributed by atoms with Gasteiger partial charge in [0.15, 0.2) is 0 Å². The van der Waals surface area contributed by atoms with Crippen molar-refractivity contribution in [2.45, 2.75) is 24.7 Å². The van der Waals surface area contributed by atoms with Gasteiger partial charge in [0, 0.05) is 17.8 Å². The fraction of sp³-hybridized carbons (Fsp3) is 0.0635. The Bertz CT molecular complexity index is 6750. The van der Waals surface area contributed by atoms with E-state index in [4.69, 9.17) is 0 Å². The van der Waals surface area contributed by atoms with E-state index >= 15 is 0 Å². The minimum atomic E-state index is -0.419. The first-order valence-electron chi connectivity index (χ1n) is 24.0. The van der Waals surface area contributed by atoms with Crippen molar-refractivity contribution in [2.24, 2.45) is 0 Å². The lowest BCUT2D eigenvalue weighted by Crippen LogP contribution is -2.38. The van der Waals surface area contributed by atoms with E-state index in [9.17, 15) is 4.79 Å². The van der Waals surface area contributed by atoms with Crippen LogP contribution in [0.1, 0.15) is 41.5 Å². The topological polar surface area (TPSA) is 17.1 Å². The smallest absolute Gasteiger partial charge is 0.131 e. The number of carbonyl (C=O) groups excluding carboxylic acids is 1. The molecular weight excluding hydrogens is 773 g/mol. The van der Waals surface area contributed by atoms with Crippen LogP contribution in [0.15, 0.2) is 0 Å². The molecule has 0 atom stereocenters. The second-order valence-corrected chi connectivity index (χ2v) is 24.1. The second kappa shape index (κ2) is 5.03. The van der Waals surface area contributed by atoms with Gasteiger partial charge in [0.1, 0.15) is 5.78 Å². The van der Waals surface area contributed by atoms with Crippen LogP contribution in [0.5, 0.6) is 0 Å². The Labute approximate surface area is 346 Å². The molecule has 0 aromatic heterocycles. The van der Waals surface area contributed by atoms with Gasteiger partial charge in [-0.25, -0.2) is 0 Å². The highest BCUT2D eigenvalue weighted by Crippen LogP contribution is 2.83. The van der Waals surface area contributed by atoms with Gasteiger partial charge in [-0.2, -0.15) is 0 Å². The van der Waals surface area contributed by atoms with Crippen LogP contribution in [0.2, 0.25) is 0 Å². The lowest BCUT2D eigenvalue weighted by molar-refractivity contribution is -0.118. The number of carbonyl (C=O) groups is 1. The number of rotatable bonds is 2. The molecule has 4 aliphatic rings. The maximum Gasteiger partial charge on any atom is 0.131 e. The molecule has 0 bridgehead atoms. The minimum absolute atomic E-state index is 0.155. The summed E-state index contributed by atoms with van der Waals surface area (Å²) in [4.78, 5) is 14.8. The molecule has 0 amide bonds. The van der Waals surface area contributed by atoms with Gasteiger partial charge in [-0.3, -0.25) is 4.79 Å². The molecule has 0 aliphatic heterocycles. The molecule has 64 heavy (non-hydrogen) atoms. The second-order valence-electron chi connectivity index (χ2n) is 24.1. The Hall–Kier alpha value is -7.87. The van der Waals surface area contributed by atoms with Gasteiger partial charge in [-0.1, -0.05) is 0 Å². The average molecular weight is 779 g/mol. The summed E-state index contributed by atoms with van der Waals surface area (Å²) >= 11 is 0. The SMILES string of the molecule is CC(=O)CC12c3c4c5c6c7c8c(c9c%10c1c1c3c3c%11c4c4c5c5c7c7c%12c8c8c9c9c%10c%10c1c1c3c3c%11c%11c4c4c5c7c5c7c%12c8c8c9c9c%10c1c1c3c3c%11c4c5c4c7c8c9c1c34)C62. The average Bonchev–Trinajstić information content (AvgIpc) is 4.12. The molecule has 0 unspecified atom stereocenters. The van der Waals surface area contributed by atoms with Crippen molar-refractivity contribution in [3.05, 3.63) is 22.3 Å². The van der Waals surface area contributed by atoms with Crippen LogP contribution >= 0.6 is 0 Å². The summed E-state index contributed by atoms with van der Waals surface area (Å²) in [6.45, 7) is 1.95. The fourth-order valence-electron chi connectivity index (χ4n) is 24.0. The maximum atomic E-state index is 14.8. The first-order valence-corrected chi connectivity index (χ1v) is 24.0. The normalized spacial score (nSPS) is 21.5. The molecule has 4 aliphatic carbocycles. The van der Waals surface area contributed by atoms with Gasteiger partial charge in [-0.15, -0.1) is 0 Å². The van der Waals surface area contributed by atoms with E-state index < -0.39 is 5.41 Å². The van der Waals surface area contributed by atoms with Gasteiger partial charge in [0.05, 0.1) is 0 Å². The van der Waals surface area contributed by atoms with Crippen molar-refractivity contribution in [1.29, 1.82) is 0 Å². The molecule has 0 saturated heterocycles. The predicted molar refractivity (Wildman–Crippen MR) is 270 cm³/mol. The van der Waals surface area contributed by atoms with Gasteiger partial charge in [-0.05, 0) is 320 Å². The molecule has 0 N–H and O–H groups in total. The van der Waals surface area contributed by atoms with Crippen LogP contribution in [0, 0.1) is 0 Å². The monoisotopic (exact) mass is 778 g/mol. The molecule has 28 aromatic rings. The first kappa shape index (κ1) is 23.0. The third kappa shape index (κ3) is 1.16. The summed E-state index contributed by atoms with van der Waals surface area (Å²) in [6.07, 6.45) is 0.591. The third-order valence-electron chi connectivity index (χ3n) is 23.8. The molecule has 0 saturated carbocycles. The zero-order valence-electron chi connectivity index (χ0n) is 32.7. The van der Waals surface area contributed by atoms with Gasteiger partial charge in [0.25, 0.3) is 0 Å². The van der Waals surface area contributed by atoms with Crippen LogP contribution in [-0.4, -0.2) is 5.78 Å². The molecule has 0 radical (unpaired) electrons. The molecule has 0 heterocycles. The van der Waals surface area contributed by atoms with E-state index in [1.165, 1.54) is 0 Å². The molecule has 0 fully saturated rings. The van der Waals surface area contributed by atoms with Crippen molar-refractivity contribution >= 4 is 297 Å². The van der Waals surface area contributed by atoms with Crippen LogP contribution in [0.3, 0.4) is 0 Å². The number of hydrogen-bond acceptors (Lipinski definition) is 1. The van der Waals surface area contributed by atoms with Crippen molar-refractivity contribution < 1.29 is 4.79 Å². The van der Waals surface area contributed by atoms with Crippen LogP contribution in [-0.2, 0) is 10.2 Å². The number of hydrogen-bond donors (Lipinski definition) is 0. The summed E-state index contributed by atoms with van der Waals surface area (Å²) in [5, 5.41) is 87.5. The molecule has 264 valence electrons. The predicted octanol–water partition coefficient (Wildman–Crippen LogP) is 17.1. The first-order chi connectivity index (χ1) is 31.8. The molecule has 0 spiro atoms. The number of Topliss-reactive ketones (excluding diaryl/α,β-unsaturated/α-hetero) is 1. The van der Waals surface area contributed by atoms with Crippen molar-refractivity contribution in [3.63, 3.8) is 0 Å². The Morgan fingerprint density at radius 3 is 0.578 bits per heavy atom. The van der Waals surface area contributed by atoms with E-state index in [0.29, 0.717) is 12.2 Å². The lowest BCUT2D eigenvalue weighted by atomic mass is 9.55. The number of benzene rings is 18. The van der Waals surface area contributed by atoms with E-state index in [1.807, 2.05) is 6.92 Å². The Morgan fingerprint density at radius 1 is 0.250 bits per heavy atom. The van der Waals surface area contributed by atoms with Crippen LogP contribution < -0.4 is 0 Å². The summed E-state index contributed by atoms with van der Waals surface area (Å²) in [5.41, 5.74) is 6.08. The number of ketones is 1. The van der Waals surface area contributed by atoms with Gasteiger partial charge >= 0.3 is 0 Å². The summed E-state index contributed by atoms with van der Waals surface area (Å²) in [5.74, 6) is 0.513. The van der Waals surface area contributed by atoms with E-state index in [1.54, 1.807) is 313 Å². The standard InChI is InChI=1S/C63H6O/c1-3(64)2-63-60-56-50-36-28-20-8-5-4-6-9(8)21-23-19-13(6)15-11-7(4)10-14-12(5)18-22(20)34(36)42-40-26(18)24(14)32-30-16(10)17(11)31-33-25(15)27(19)41-43-35(23)37(29(21)28)51(50)57(60)53(43)55-47(41)45(33)49-39(31)38(30)48-44(32)46(40)54(52(42)56)61(63)58(48)59(49)62(55)63/h60H,2H2,1H3. The molecule has 1 nitrogen and oxygen atoms in total. The van der Waals surface area contributed by atoms with Crippen LogP contribution in [0.4, 0.5) is 0 Å². The molecule has 1 heteroatoms. The highest BCUT2D eigenvalue weighted by Gasteiger charge is 2.63. The van der Waals surface area contributed by atoms with E-state index in [2.05, 4.69) is 0 Å². The summed E-state index contributed by atoms with van der Waals surface area (Å²) < 4.78 is 0. The zero-order chi connectivity index (χ0) is 37.8.